The van der Waals surface area contributed by atoms with Crippen LogP contribution in [-0.4, -0.2) is 14.5 Å². The third-order valence-electron chi connectivity index (χ3n) is 6.01. The van der Waals surface area contributed by atoms with Crippen LogP contribution in [0.4, 0.5) is 0 Å². The van der Waals surface area contributed by atoms with E-state index in [9.17, 15) is 8.42 Å². The molecule has 2 aliphatic rings. The number of benzene rings is 1. The second-order valence-corrected chi connectivity index (χ2v) is 10.5. The molecule has 4 heteroatoms. The summed E-state index contributed by atoms with van der Waals surface area (Å²) in [6.45, 7) is 12.4. The zero-order valence-corrected chi connectivity index (χ0v) is 17.8. The fourth-order valence-corrected chi connectivity index (χ4v) is 6.21. The van der Waals surface area contributed by atoms with Gasteiger partial charge in [-0.15, -0.1) is 0 Å². The van der Waals surface area contributed by atoms with Crippen molar-refractivity contribution in [3.8, 4) is 0 Å². The number of rotatable bonds is 6. The molecule has 0 aromatic heterocycles. The molecule has 1 aromatic rings. The minimum Gasteiger partial charge on any atom is -0.263 e. The Morgan fingerprint density at radius 2 is 1.58 bits per heavy atom. The van der Waals surface area contributed by atoms with E-state index in [1.807, 2.05) is 39.8 Å². The summed E-state index contributed by atoms with van der Waals surface area (Å²) < 4.78 is 41.1. The summed E-state index contributed by atoms with van der Waals surface area (Å²) in [5, 5.41) is 0. The van der Waals surface area contributed by atoms with E-state index in [1.54, 1.807) is 0 Å². The van der Waals surface area contributed by atoms with Gasteiger partial charge in [0.15, 0.2) is 0 Å². The molecule has 0 heterocycles. The topological polar surface area (TPSA) is 43.4 Å². The Bertz CT molecular complexity index is 767. The molecular formula is C22H34O3S. The van der Waals surface area contributed by atoms with Gasteiger partial charge < -0.3 is 0 Å². The highest BCUT2D eigenvalue weighted by Gasteiger charge is 2.43. The minimum absolute atomic E-state index is 0.0846. The first-order chi connectivity index (χ1) is 12.5. The SMILES string of the molecule is [2H][C@H]1[C@@H]2CC[C@@H](C2)[C@@H]1OS(=O)(=O)c1c(C(C)C)cc(C(C)C)cc1C(C)C. The van der Waals surface area contributed by atoms with E-state index in [2.05, 4.69) is 13.8 Å². The molecule has 0 aliphatic heterocycles. The van der Waals surface area contributed by atoms with Gasteiger partial charge in [-0.1, -0.05) is 53.7 Å². The summed E-state index contributed by atoms with van der Waals surface area (Å²) in [7, 11) is -3.91. The molecular weight excluding hydrogens is 344 g/mol. The van der Waals surface area contributed by atoms with Crippen LogP contribution in [0.2, 0.25) is 0 Å². The van der Waals surface area contributed by atoms with Gasteiger partial charge in [0.1, 0.15) is 4.90 Å². The molecule has 4 atom stereocenters. The van der Waals surface area contributed by atoms with Crippen LogP contribution in [0.5, 0.6) is 0 Å². The third kappa shape index (κ3) is 3.73. The molecule has 0 saturated heterocycles. The zero-order valence-electron chi connectivity index (χ0n) is 18.0. The third-order valence-corrected chi connectivity index (χ3v) is 7.45. The monoisotopic (exact) mass is 379 g/mol. The highest BCUT2D eigenvalue weighted by atomic mass is 32.2. The molecule has 146 valence electrons. The summed E-state index contributed by atoms with van der Waals surface area (Å²) in [4.78, 5) is 0.354. The Hall–Kier alpha value is -0.870. The first kappa shape index (κ1) is 18.5. The molecule has 2 fully saturated rings. The molecule has 2 saturated carbocycles. The van der Waals surface area contributed by atoms with Gasteiger partial charge in [-0.25, -0.2) is 0 Å². The van der Waals surface area contributed by atoms with Crippen molar-refractivity contribution in [2.75, 3.05) is 0 Å². The van der Waals surface area contributed by atoms with E-state index in [0.29, 0.717) is 16.7 Å². The molecule has 0 spiro atoms. The Morgan fingerprint density at radius 3 is 2.00 bits per heavy atom. The normalized spacial score (nSPS) is 29.2. The van der Waals surface area contributed by atoms with Gasteiger partial charge in [0.25, 0.3) is 10.1 Å². The largest absolute Gasteiger partial charge is 0.297 e. The van der Waals surface area contributed by atoms with Crippen LogP contribution >= 0.6 is 0 Å². The fraction of sp³-hybridized carbons (Fsp3) is 0.727. The number of fused-ring (bicyclic) bond motifs is 2. The Balaban J connectivity index is 2.08. The highest BCUT2D eigenvalue weighted by Crippen LogP contribution is 2.47. The summed E-state index contributed by atoms with van der Waals surface area (Å²) in [6, 6.07) is 4.08. The second kappa shape index (κ2) is 7.27. The lowest BCUT2D eigenvalue weighted by molar-refractivity contribution is 0.145. The summed E-state index contributed by atoms with van der Waals surface area (Å²) in [6.07, 6.45) is 2.06. The van der Waals surface area contributed by atoms with Crippen molar-refractivity contribution in [1.29, 1.82) is 0 Å². The standard InChI is InChI=1S/C22H34O3S/c1-13(2)18-11-19(14(3)4)22(20(12-18)15(5)6)26(23,24)25-21-10-16-7-8-17(21)9-16/h11-17,21H,7-10H2,1-6H3/t16-,17+,21-/m1/s1/i10D/t10-,16+,17-,21+/m0. The molecule has 1 aromatic carbocycles. The molecule has 0 N–H and O–H groups in total. The second-order valence-electron chi connectivity index (χ2n) is 9.03. The average Bonchev–Trinajstić information content (AvgIpc) is 3.16. The van der Waals surface area contributed by atoms with Crippen molar-refractivity contribution in [1.82, 2.24) is 0 Å². The maximum absolute atomic E-state index is 13.4. The molecule has 2 bridgehead atoms. The quantitative estimate of drug-likeness (QED) is 0.574. The van der Waals surface area contributed by atoms with Crippen molar-refractivity contribution in [3.05, 3.63) is 28.8 Å². The van der Waals surface area contributed by atoms with E-state index >= 15 is 0 Å². The van der Waals surface area contributed by atoms with E-state index in [0.717, 1.165) is 30.4 Å². The lowest BCUT2D eigenvalue weighted by Gasteiger charge is -2.26. The average molecular weight is 380 g/mol. The summed E-state index contributed by atoms with van der Waals surface area (Å²) in [5.41, 5.74) is 2.85. The predicted molar refractivity (Wildman–Crippen MR) is 106 cm³/mol. The van der Waals surface area contributed by atoms with Crippen LogP contribution in [-0.2, 0) is 14.3 Å². The lowest BCUT2D eigenvalue weighted by atomic mass is 9.89. The molecule has 3 rings (SSSR count). The van der Waals surface area contributed by atoms with Crippen molar-refractivity contribution in [2.24, 2.45) is 11.8 Å². The lowest BCUT2D eigenvalue weighted by Crippen LogP contribution is -2.26. The summed E-state index contributed by atoms with van der Waals surface area (Å²) >= 11 is 0. The van der Waals surface area contributed by atoms with Crippen molar-refractivity contribution < 1.29 is 14.0 Å². The molecule has 26 heavy (non-hydrogen) atoms. The molecule has 2 aliphatic carbocycles. The van der Waals surface area contributed by atoms with E-state index in [-0.39, 0.29) is 17.8 Å². The maximum Gasteiger partial charge on any atom is 0.297 e. The van der Waals surface area contributed by atoms with Crippen LogP contribution in [0.25, 0.3) is 0 Å². The molecule has 0 radical (unpaired) electrons. The van der Waals surface area contributed by atoms with Crippen LogP contribution in [0, 0.1) is 11.8 Å². The first-order valence-electron chi connectivity index (χ1n) is 10.6. The van der Waals surface area contributed by atoms with Crippen LogP contribution in [0.1, 0.15) is 103 Å². The minimum atomic E-state index is -3.91. The van der Waals surface area contributed by atoms with E-state index in [4.69, 9.17) is 5.55 Å². The Labute approximate surface area is 161 Å². The van der Waals surface area contributed by atoms with Crippen molar-refractivity contribution in [3.63, 3.8) is 0 Å². The van der Waals surface area contributed by atoms with Gasteiger partial charge in [-0.3, -0.25) is 4.18 Å². The van der Waals surface area contributed by atoms with Gasteiger partial charge in [-0.2, -0.15) is 8.42 Å². The van der Waals surface area contributed by atoms with Crippen LogP contribution in [0.3, 0.4) is 0 Å². The van der Waals surface area contributed by atoms with Gasteiger partial charge in [0, 0.05) is 1.37 Å². The fourth-order valence-electron chi connectivity index (χ4n) is 4.43. The molecule has 3 nitrogen and oxygen atoms in total. The van der Waals surface area contributed by atoms with E-state index < -0.39 is 22.6 Å². The molecule has 0 unspecified atom stereocenters. The van der Waals surface area contributed by atoms with Crippen LogP contribution < -0.4 is 0 Å². The smallest absolute Gasteiger partial charge is 0.263 e. The summed E-state index contributed by atoms with van der Waals surface area (Å²) in [5.74, 6) is 1.02. The van der Waals surface area contributed by atoms with Gasteiger partial charge in [-0.05, 0) is 71.9 Å². The van der Waals surface area contributed by atoms with Crippen molar-refractivity contribution in [2.45, 2.75) is 96.0 Å². The number of hydrogen-bond donors (Lipinski definition) is 0. The molecule has 0 amide bonds. The highest BCUT2D eigenvalue weighted by molar-refractivity contribution is 7.86. The Morgan fingerprint density at radius 1 is 1.00 bits per heavy atom. The predicted octanol–water partition coefficient (Wildman–Crippen LogP) is 5.95. The van der Waals surface area contributed by atoms with Gasteiger partial charge >= 0.3 is 0 Å². The van der Waals surface area contributed by atoms with Crippen LogP contribution in [0.15, 0.2) is 17.0 Å². The zero-order chi connectivity index (χ0) is 20.1. The van der Waals surface area contributed by atoms with Crippen molar-refractivity contribution >= 4 is 10.1 Å². The Kier molecular flexibility index (Phi) is 5.17. The maximum atomic E-state index is 13.4. The van der Waals surface area contributed by atoms with Gasteiger partial charge in [0.2, 0.25) is 0 Å². The number of hydrogen-bond acceptors (Lipinski definition) is 3. The van der Waals surface area contributed by atoms with E-state index in [1.165, 1.54) is 5.56 Å². The first-order valence-corrected chi connectivity index (χ1v) is 11.5. The van der Waals surface area contributed by atoms with Gasteiger partial charge in [0.05, 0.1) is 6.10 Å².